The third kappa shape index (κ3) is 5.58. The van der Waals surface area contributed by atoms with E-state index in [0.717, 1.165) is 33.0 Å². The van der Waals surface area contributed by atoms with E-state index < -0.39 is 15.6 Å². The fourth-order valence-corrected chi connectivity index (χ4v) is 4.74. The SMILES string of the molecule is Cc1ccc2c(c1)OC(C)(C)CC2NC(=O)CN(c1ccc(C(C)C)cc1)S(C)(=O)=O. The summed E-state index contributed by atoms with van der Waals surface area (Å²) in [5, 5.41) is 3.03. The Bertz CT molecular complexity index is 1060. The maximum Gasteiger partial charge on any atom is 0.241 e. The van der Waals surface area contributed by atoms with Crippen molar-refractivity contribution >= 4 is 21.6 Å². The molecule has 0 saturated carbocycles. The van der Waals surface area contributed by atoms with Crippen molar-refractivity contribution in [3.05, 3.63) is 59.2 Å². The molecule has 1 unspecified atom stereocenters. The molecule has 0 spiro atoms. The highest BCUT2D eigenvalue weighted by Crippen LogP contribution is 2.39. The van der Waals surface area contributed by atoms with E-state index in [1.165, 1.54) is 0 Å². The average molecular weight is 445 g/mol. The van der Waals surface area contributed by atoms with Crippen LogP contribution in [-0.2, 0) is 14.8 Å². The van der Waals surface area contributed by atoms with E-state index in [1.807, 2.05) is 51.1 Å². The lowest BCUT2D eigenvalue weighted by molar-refractivity contribution is -0.120. The second kappa shape index (κ2) is 8.54. The molecule has 2 aromatic carbocycles. The third-order valence-electron chi connectivity index (χ3n) is 5.50. The van der Waals surface area contributed by atoms with E-state index in [9.17, 15) is 13.2 Å². The Kier molecular flexibility index (Phi) is 6.37. The summed E-state index contributed by atoms with van der Waals surface area (Å²) in [6, 6.07) is 13.0. The second-order valence-electron chi connectivity index (χ2n) is 9.24. The Morgan fingerprint density at radius 2 is 1.84 bits per heavy atom. The standard InChI is InChI=1S/C24H32N2O4S/c1-16(2)18-8-10-19(11-9-18)26(31(6,28)29)15-23(27)25-21-14-24(4,5)30-22-13-17(3)7-12-20(21)22/h7-13,16,21H,14-15H2,1-6H3,(H,25,27). The van der Waals surface area contributed by atoms with Crippen molar-refractivity contribution in [3.8, 4) is 5.75 Å². The van der Waals surface area contributed by atoms with Gasteiger partial charge < -0.3 is 10.1 Å². The number of aryl methyl sites for hydroxylation is 1. The van der Waals surface area contributed by atoms with E-state index in [-0.39, 0.29) is 18.5 Å². The van der Waals surface area contributed by atoms with Crippen LogP contribution in [0.5, 0.6) is 5.75 Å². The molecule has 0 aliphatic carbocycles. The number of sulfonamides is 1. The molecule has 1 atom stereocenters. The Hall–Kier alpha value is -2.54. The van der Waals surface area contributed by atoms with Crippen LogP contribution in [0.1, 0.15) is 62.8 Å². The molecule has 7 heteroatoms. The van der Waals surface area contributed by atoms with Crippen LogP contribution in [-0.4, -0.2) is 32.7 Å². The zero-order chi connectivity index (χ0) is 23.0. The van der Waals surface area contributed by atoms with Crippen LogP contribution in [0, 0.1) is 6.92 Å². The number of ether oxygens (including phenoxy) is 1. The first-order valence-corrected chi connectivity index (χ1v) is 12.4. The third-order valence-corrected chi connectivity index (χ3v) is 6.64. The van der Waals surface area contributed by atoms with Gasteiger partial charge >= 0.3 is 0 Å². The Morgan fingerprint density at radius 1 is 1.19 bits per heavy atom. The maximum absolute atomic E-state index is 12.9. The van der Waals surface area contributed by atoms with Gasteiger partial charge in [-0.15, -0.1) is 0 Å². The number of carbonyl (C=O) groups is 1. The van der Waals surface area contributed by atoms with Crippen molar-refractivity contribution in [1.82, 2.24) is 5.32 Å². The van der Waals surface area contributed by atoms with E-state index in [0.29, 0.717) is 18.0 Å². The number of nitrogens with zero attached hydrogens (tertiary/aromatic N) is 1. The zero-order valence-corrected chi connectivity index (χ0v) is 19.9. The van der Waals surface area contributed by atoms with Crippen LogP contribution >= 0.6 is 0 Å². The molecule has 1 aliphatic rings. The average Bonchev–Trinajstić information content (AvgIpc) is 2.64. The number of hydrogen-bond acceptors (Lipinski definition) is 4. The van der Waals surface area contributed by atoms with Crippen molar-refractivity contribution in [2.24, 2.45) is 0 Å². The number of anilines is 1. The number of nitrogens with one attached hydrogen (secondary N) is 1. The zero-order valence-electron chi connectivity index (χ0n) is 19.1. The van der Waals surface area contributed by atoms with Crippen LogP contribution in [0.3, 0.4) is 0 Å². The smallest absolute Gasteiger partial charge is 0.241 e. The first kappa shape index (κ1) is 23.1. The fraction of sp³-hybridized carbons (Fsp3) is 0.458. The highest BCUT2D eigenvalue weighted by atomic mass is 32.2. The highest BCUT2D eigenvalue weighted by molar-refractivity contribution is 7.92. The van der Waals surface area contributed by atoms with Gasteiger partial charge in [0.2, 0.25) is 15.9 Å². The molecule has 1 heterocycles. The maximum atomic E-state index is 12.9. The minimum Gasteiger partial charge on any atom is -0.487 e. The lowest BCUT2D eigenvalue weighted by atomic mass is 9.89. The first-order chi connectivity index (χ1) is 14.4. The molecule has 3 rings (SSSR count). The highest BCUT2D eigenvalue weighted by Gasteiger charge is 2.35. The Labute approximate surface area is 185 Å². The number of benzene rings is 2. The van der Waals surface area contributed by atoms with Gasteiger partial charge in [0.05, 0.1) is 18.0 Å². The second-order valence-corrected chi connectivity index (χ2v) is 11.1. The minimum atomic E-state index is -3.63. The van der Waals surface area contributed by atoms with Gasteiger partial charge in [-0.05, 0) is 56.0 Å². The number of amides is 1. The van der Waals surface area contributed by atoms with Gasteiger partial charge in [0.15, 0.2) is 0 Å². The molecule has 168 valence electrons. The van der Waals surface area contributed by atoms with E-state index >= 15 is 0 Å². The number of hydrogen-bond donors (Lipinski definition) is 1. The van der Waals surface area contributed by atoms with Crippen LogP contribution in [0.25, 0.3) is 0 Å². The van der Waals surface area contributed by atoms with Crippen molar-refractivity contribution in [3.63, 3.8) is 0 Å². The molecule has 0 radical (unpaired) electrons. The Morgan fingerprint density at radius 3 is 2.42 bits per heavy atom. The summed E-state index contributed by atoms with van der Waals surface area (Å²) in [7, 11) is -3.63. The minimum absolute atomic E-state index is 0.253. The lowest BCUT2D eigenvalue weighted by Gasteiger charge is -2.38. The molecule has 1 aliphatic heterocycles. The van der Waals surface area contributed by atoms with E-state index in [1.54, 1.807) is 12.1 Å². The van der Waals surface area contributed by atoms with Gasteiger partial charge in [0.1, 0.15) is 17.9 Å². The van der Waals surface area contributed by atoms with E-state index in [2.05, 4.69) is 19.2 Å². The number of fused-ring (bicyclic) bond motifs is 1. The molecular weight excluding hydrogens is 412 g/mol. The van der Waals surface area contributed by atoms with Crippen molar-refractivity contribution in [1.29, 1.82) is 0 Å². The predicted molar refractivity (Wildman–Crippen MR) is 124 cm³/mol. The molecule has 31 heavy (non-hydrogen) atoms. The van der Waals surface area contributed by atoms with Gasteiger partial charge in [0.25, 0.3) is 0 Å². The van der Waals surface area contributed by atoms with E-state index in [4.69, 9.17) is 4.74 Å². The van der Waals surface area contributed by atoms with Crippen LogP contribution in [0.4, 0.5) is 5.69 Å². The monoisotopic (exact) mass is 444 g/mol. The molecule has 1 N–H and O–H groups in total. The van der Waals surface area contributed by atoms with Crippen LogP contribution in [0.15, 0.2) is 42.5 Å². The van der Waals surface area contributed by atoms with Crippen LogP contribution < -0.4 is 14.4 Å². The van der Waals surface area contributed by atoms with Crippen molar-refractivity contribution < 1.29 is 17.9 Å². The van der Waals surface area contributed by atoms with Crippen molar-refractivity contribution in [2.75, 3.05) is 17.1 Å². The van der Waals surface area contributed by atoms with Crippen molar-refractivity contribution in [2.45, 2.75) is 58.6 Å². The molecule has 6 nitrogen and oxygen atoms in total. The summed E-state index contributed by atoms with van der Waals surface area (Å²) >= 11 is 0. The fourth-order valence-electron chi connectivity index (χ4n) is 3.88. The summed E-state index contributed by atoms with van der Waals surface area (Å²) in [6.07, 6.45) is 1.71. The topological polar surface area (TPSA) is 75.7 Å². The molecular formula is C24H32N2O4S. The summed E-state index contributed by atoms with van der Waals surface area (Å²) in [5.74, 6) is 0.739. The van der Waals surface area contributed by atoms with Gasteiger partial charge in [-0.3, -0.25) is 9.10 Å². The molecule has 0 aromatic heterocycles. The van der Waals surface area contributed by atoms with Crippen LogP contribution in [0.2, 0.25) is 0 Å². The van der Waals surface area contributed by atoms with Gasteiger partial charge in [-0.1, -0.05) is 38.1 Å². The normalized spacial score (nSPS) is 17.6. The summed E-state index contributed by atoms with van der Waals surface area (Å²) < 4.78 is 32.1. The first-order valence-electron chi connectivity index (χ1n) is 10.5. The summed E-state index contributed by atoms with van der Waals surface area (Å²) in [4.78, 5) is 12.9. The number of rotatable bonds is 6. The number of carbonyl (C=O) groups excluding carboxylic acids is 1. The molecule has 1 amide bonds. The summed E-state index contributed by atoms with van der Waals surface area (Å²) in [5.41, 5.74) is 3.13. The predicted octanol–water partition coefficient (Wildman–Crippen LogP) is 4.30. The largest absolute Gasteiger partial charge is 0.487 e. The van der Waals surface area contributed by atoms with Gasteiger partial charge in [-0.25, -0.2) is 8.42 Å². The summed E-state index contributed by atoms with van der Waals surface area (Å²) in [6.45, 7) is 9.83. The lowest BCUT2D eigenvalue weighted by Crippen LogP contribution is -2.45. The molecule has 0 fully saturated rings. The molecule has 0 saturated heterocycles. The molecule has 2 aromatic rings. The Balaban J connectivity index is 1.82. The van der Waals surface area contributed by atoms with Gasteiger partial charge in [0, 0.05) is 12.0 Å². The van der Waals surface area contributed by atoms with Gasteiger partial charge in [-0.2, -0.15) is 0 Å². The quantitative estimate of drug-likeness (QED) is 0.721. The molecule has 0 bridgehead atoms.